The van der Waals surface area contributed by atoms with E-state index in [1.807, 2.05) is 6.20 Å². The normalized spacial score (nSPS) is 27.8. The average molecular weight is 620 g/mol. The van der Waals surface area contributed by atoms with Gasteiger partial charge in [-0.15, -0.1) is 0 Å². The molecule has 4 heterocycles. The van der Waals surface area contributed by atoms with Crippen molar-refractivity contribution in [2.45, 2.75) is 163 Å². The number of rotatable bonds is 11. The molecular weight excluding hydrogens is 562 g/mol. The Hall–Kier alpha value is -1.64. The molecule has 2 unspecified atom stereocenters. The van der Waals surface area contributed by atoms with Crippen molar-refractivity contribution in [2.24, 2.45) is 5.41 Å². The number of hydrogen-bond donors (Lipinski definition) is 0. The van der Waals surface area contributed by atoms with Crippen LogP contribution in [0.2, 0.25) is 0 Å². The predicted molar refractivity (Wildman–Crippen MR) is 185 cm³/mol. The third-order valence-corrected chi connectivity index (χ3v) is 12.0. The largest absolute Gasteiger partial charge is 0.494 e. The molecule has 2 atom stereocenters. The summed E-state index contributed by atoms with van der Waals surface area (Å²) in [5, 5.41) is 5.95. The first kappa shape index (κ1) is 34.7. The van der Waals surface area contributed by atoms with Gasteiger partial charge in [0.15, 0.2) is 6.23 Å². The average Bonchev–Trinajstić information content (AvgIpc) is 3.59. The van der Waals surface area contributed by atoms with E-state index in [-0.39, 0.29) is 6.23 Å². The Morgan fingerprint density at radius 1 is 0.867 bits per heavy atom. The van der Waals surface area contributed by atoms with Gasteiger partial charge in [-0.3, -0.25) is 0 Å². The van der Waals surface area contributed by atoms with Crippen LogP contribution in [0.5, 0.6) is 0 Å². The SMILES string of the molecule is CCCCCC1(C)OB(/C(CC)=C(\B2OC(C)(C)C(C)(C)O2)c2ccc3c(cnn3C3CC(CC)(CC)CCO3)c2)OC1(C)C. The highest BCUT2D eigenvalue weighted by Gasteiger charge is 2.57. The second-order valence-electron chi connectivity index (χ2n) is 15.5. The summed E-state index contributed by atoms with van der Waals surface area (Å²) in [5.41, 5.74) is 2.70. The predicted octanol–water partition coefficient (Wildman–Crippen LogP) is 9.14. The summed E-state index contributed by atoms with van der Waals surface area (Å²) in [5.74, 6) is 0. The standard InChI is InChI=1S/C36H58B2N2O5/c1-12-16-17-20-35(11)34(9,10)44-37(45-35)28(13-2)31(38-42-32(5,6)33(7,8)43-38)26-18-19-29-27(23-26)25-39-40(29)30-24-36(14-3,15-4)21-22-41-30/h18-19,23,25,30H,12-17,20-22,24H2,1-11H3/b31-28-. The van der Waals surface area contributed by atoms with Crippen molar-refractivity contribution < 1.29 is 23.4 Å². The van der Waals surface area contributed by atoms with E-state index in [0.717, 1.165) is 79.0 Å². The first-order valence-corrected chi connectivity index (χ1v) is 17.7. The van der Waals surface area contributed by atoms with Gasteiger partial charge in [-0.25, -0.2) is 4.68 Å². The van der Waals surface area contributed by atoms with E-state index in [9.17, 15) is 0 Å². The van der Waals surface area contributed by atoms with E-state index in [0.29, 0.717) is 5.41 Å². The lowest BCUT2D eigenvalue weighted by molar-refractivity contribution is -0.0938. The monoisotopic (exact) mass is 620 g/mol. The number of ether oxygens (including phenoxy) is 1. The van der Waals surface area contributed by atoms with Crippen LogP contribution < -0.4 is 0 Å². The zero-order valence-corrected chi connectivity index (χ0v) is 30.0. The molecule has 0 bridgehead atoms. The third kappa shape index (κ3) is 6.34. The quantitative estimate of drug-likeness (QED) is 0.184. The molecule has 3 fully saturated rings. The zero-order chi connectivity index (χ0) is 32.8. The number of fused-ring (bicyclic) bond motifs is 1. The Balaban J connectivity index is 1.56. The van der Waals surface area contributed by atoms with Crippen LogP contribution in [-0.2, 0) is 23.4 Å². The summed E-state index contributed by atoms with van der Waals surface area (Å²) in [4.78, 5) is 0. The Morgan fingerprint density at radius 3 is 2.16 bits per heavy atom. The van der Waals surface area contributed by atoms with Crippen molar-refractivity contribution in [2.75, 3.05) is 6.61 Å². The van der Waals surface area contributed by atoms with Gasteiger partial charge in [-0.1, -0.05) is 65.9 Å². The molecule has 0 aliphatic carbocycles. The highest BCUT2D eigenvalue weighted by Crippen LogP contribution is 2.47. The Kier molecular flexibility index (Phi) is 9.84. The Bertz CT molecular complexity index is 1360. The molecule has 2 aromatic rings. The summed E-state index contributed by atoms with van der Waals surface area (Å²) in [7, 11) is -1.05. The second-order valence-corrected chi connectivity index (χ2v) is 15.5. The van der Waals surface area contributed by atoms with Gasteiger partial charge in [0.05, 0.1) is 34.1 Å². The van der Waals surface area contributed by atoms with Crippen LogP contribution in [0.1, 0.15) is 146 Å². The topological polar surface area (TPSA) is 64.0 Å². The number of allylic oxidation sites excluding steroid dienone is 1. The van der Waals surface area contributed by atoms with Gasteiger partial charge >= 0.3 is 14.2 Å². The van der Waals surface area contributed by atoms with Crippen molar-refractivity contribution in [3.8, 4) is 0 Å². The van der Waals surface area contributed by atoms with Crippen LogP contribution in [-0.4, -0.2) is 53.0 Å². The molecular formula is C36H58B2N2O5. The maximum atomic E-state index is 6.92. The highest BCUT2D eigenvalue weighted by molar-refractivity contribution is 6.74. The summed E-state index contributed by atoms with van der Waals surface area (Å²) in [6.45, 7) is 24.8. The minimum atomic E-state index is -0.559. The van der Waals surface area contributed by atoms with Crippen LogP contribution in [0.3, 0.4) is 0 Å². The van der Waals surface area contributed by atoms with Gasteiger partial charge < -0.3 is 23.4 Å². The lowest BCUT2D eigenvalue weighted by Crippen LogP contribution is -2.44. The van der Waals surface area contributed by atoms with Crippen LogP contribution in [0.4, 0.5) is 0 Å². The van der Waals surface area contributed by atoms with Crippen LogP contribution >= 0.6 is 0 Å². The number of hydrogen-bond acceptors (Lipinski definition) is 6. The van der Waals surface area contributed by atoms with Crippen LogP contribution in [0, 0.1) is 5.41 Å². The molecule has 3 aliphatic rings. The molecule has 0 radical (unpaired) electrons. The molecule has 3 aliphatic heterocycles. The van der Waals surface area contributed by atoms with E-state index in [1.54, 1.807) is 0 Å². The van der Waals surface area contributed by atoms with E-state index >= 15 is 0 Å². The fraction of sp³-hybridized carbons (Fsp3) is 0.750. The van der Waals surface area contributed by atoms with Gasteiger partial charge in [-0.2, -0.15) is 5.10 Å². The van der Waals surface area contributed by atoms with Crippen molar-refractivity contribution in [3.63, 3.8) is 0 Å². The van der Waals surface area contributed by atoms with E-state index in [1.165, 1.54) is 12.8 Å². The molecule has 45 heavy (non-hydrogen) atoms. The first-order chi connectivity index (χ1) is 21.2. The van der Waals surface area contributed by atoms with E-state index in [4.69, 9.17) is 28.5 Å². The minimum absolute atomic E-state index is 0.0563. The molecule has 1 aromatic heterocycles. The van der Waals surface area contributed by atoms with E-state index in [2.05, 4.69) is 99.0 Å². The number of aromatic nitrogens is 2. The molecule has 248 valence electrons. The van der Waals surface area contributed by atoms with Crippen LogP contribution in [0.25, 0.3) is 16.4 Å². The fourth-order valence-corrected chi connectivity index (χ4v) is 7.37. The molecule has 5 rings (SSSR count). The lowest BCUT2D eigenvalue weighted by Gasteiger charge is -2.40. The van der Waals surface area contributed by atoms with Gasteiger partial charge in [0, 0.05) is 12.0 Å². The number of benzene rings is 1. The molecule has 1 aromatic carbocycles. The van der Waals surface area contributed by atoms with Gasteiger partial charge in [0.25, 0.3) is 0 Å². The second kappa shape index (κ2) is 12.8. The summed E-state index contributed by atoms with van der Waals surface area (Å²) in [6.07, 6.45) is 11.5. The van der Waals surface area contributed by atoms with Gasteiger partial charge in [0.1, 0.15) is 0 Å². The summed E-state index contributed by atoms with van der Waals surface area (Å²) in [6, 6.07) is 6.60. The maximum absolute atomic E-state index is 6.92. The van der Waals surface area contributed by atoms with E-state index < -0.39 is 36.6 Å². The number of nitrogens with zero attached hydrogens (tertiary/aromatic N) is 2. The van der Waals surface area contributed by atoms with Crippen molar-refractivity contribution in [1.29, 1.82) is 0 Å². The van der Waals surface area contributed by atoms with Crippen molar-refractivity contribution in [1.82, 2.24) is 9.78 Å². The first-order valence-electron chi connectivity index (χ1n) is 17.7. The summed E-state index contributed by atoms with van der Waals surface area (Å²) >= 11 is 0. The molecule has 7 nitrogen and oxygen atoms in total. The zero-order valence-electron chi connectivity index (χ0n) is 30.0. The van der Waals surface area contributed by atoms with Crippen LogP contribution in [0.15, 0.2) is 29.9 Å². The van der Waals surface area contributed by atoms with Crippen molar-refractivity contribution in [3.05, 3.63) is 35.4 Å². The molecule has 0 spiro atoms. The molecule has 0 N–H and O–H groups in total. The minimum Gasteiger partial charge on any atom is -0.400 e. The smallest absolute Gasteiger partial charge is 0.400 e. The van der Waals surface area contributed by atoms with Gasteiger partial charge in [0.2, 0.25) is 0 Å². The third-order valence-electron chi connectivity index (χ3n) is 12.0. The Morgan fingerprint density at radius 2 is 1.53 bits per heavy atom. The lowest BCUT2D eigenvalue weighted by atomic mass is 9.61. The molecule has 3 saturated heterocycles. The summed E-state index contributed by atoms with van der Waals surface area (Å²) < 4.78 is 35.6. The molecule has 9 heteroatoms. The van der Waals surface area contributed by atoms with Crippen molar-refractivity contribution >= 4 is 30.6 Å². The Labute approximate surface area is 273 Å². The number of unbranched alkanes of at least 4 members (excludes halogenated alkanes) is 2. The molecule has 0 saturated carbocycles. The highest BCUT2D eigenvalue weighted by atomic mass is 16.7. The van der Waals surface area contributed by atoms with Gasteiger partial charge in [-0.05, 0) is 108 Å². The fourth-order valence-electron chi connectivity index (χ4n) is 7.37. The molecule has 0 amide bonds. The maximum Gasteiger partial charge on any atom is 0.494 e.